The van der Waals surface area contributed by atoms with Gasteiger partial charge in [-0.05, 0) is 44.8 Å². The quantitative estimate of drug-likeness (QED) is 0.601. The minimum atomic E-state index is 0.633. The van der Waals surface area contributed by atoms with Gasteiger partial charge in [0, 0.05) is 12.6 Å². The average Bonchev–Trinajstić information content (AvgIpc) is 2.93. The Hall–Kier alpha value is -0.0800. The lowest BCUT2D eigenvalue weighted by Crippen LogP contribution is -2.31. The lowest BCUT2D eigenvalue weighted by atomic mass is 10.3. The summed E-state index contributed by atoms with van der Waals surface area (Å²) in [5.41, 5.74) is 0. The van der Waals surface area contributed by atoms with Gasteiger partial charge in [0.15, 0.2) is 0 Å². The summed E-state index contributed by atoms with van der Waals surface area (Å²) in [7, 11) is 0. The fourth-order valence-corrected chi connectivity index (χ4v) is 1.74. The Labute approximate surface area is 89.1 Å². The first-order valence-electron chi connectivity index (χ1n) is 6.18. The molecule has 0 amide bonds. The second-order valence-corrected chi connectivity index (χ2v) is 4.80. The van der Waals surface area contributed by atoms with Gasteiger partial charge in [-0.3, -0.25) is 0 Å². The van der Waals surface area contributed by atoms with E-state index in [0.29, 0.717) is 6.04 Å². The molecule has 1 N–H and O–H groups in total. The van der Waals surface area contributed by atoms with Gasteiger partial charge in [0.05, 0.1) is 0 Å². The molecule has 0 bridgehead atoms. The smallest absolute Gasteiger partial charge is 0.00103 e. The van der Waals surface area contributed by atoms with Crippen molar-refractivity contribution in [1.29, 1.82) is 0 Å². The number of nitrogens with zero attached hydrogens (tertiary/aromatic N) is 1. The van der Waals surface area contributed by atoms with Crippen LogP contribution in [-0.4, -0.2) is 37.1 Å². The van der Waals surface area contributed by atoms with Crippen molar-refractivity contribution in [3.8, 4) is 0 Å². The van der Waals surface area contributed by atoms with E-state index in [9.17, 15) is 0 Å². The molecule has 0 unspecified atom stereocenters. The predicted octanol–water partition coefficient (Wildman–Crippen LogP) is 2.11. The van der Waals surface area contributed by atoms with Crippen LogP contribution in [-0.2, 0) is 0 Å². The van der Waals surface area contributed by atoms with Gasteiger partial charge in [0.25, 0.3) is 0 Å². The highest BCUT2D eigenvalue weighted by Crippen LogP contribution is 2.29. The van der Waals surface area contributed by atoms with E-state index in [2.05, 4.69) is 31.0 Å². The number of hydrogen-bond donors (Lipinski definition) is 1. The van der Waals surface area contributed by atoms with E-state index in [1.807, 2.05) is 0 Å². The van der Waals surface area contributed by atoms with Crippen LogP contribution < -0.4 is 5.32 Å². The molecule has 2 nitrogen and oxygen atoms in total. The lowest BCUT2D eigenvalue weighted by Gasteiger charge is -2.20. The molecule has 1 aliphatic rings. The molecule has 14 heavy (non-hydrogen) atoms. The van der Waals surface area contributed by atoms with Crippen molar-refractivity contribution >= 4 is 0 Å². The number of rotatable bonds is 8. The van der Waals surface area contributed by atoms with Crippen molar-refractivity contribution < 1.29 is 0 Å². The van der Waals surface area contributed by atoms with E-state index in [4.69, 9.17) is 0 Å². The topological polar surface area (TPSA) is 15.3 Å². The zero-order chi connectivity index (χ0) is 10.4. The molecule has 0 aromatic heterocycles. The molecule has 0 saturated heterocycles. The van der Waals surface area contributed by atoms with Crippen LogP contribution in [0.25, 0.3) is 0 Å². The van der Waals surface area contributed by atoms with Crippen LogP contribution in [0, 0.1) is 5.92 Å². The molecular weight excluding hydrogens is 172 g/mol. The summed E-state index contributed by atoms with van der Waals surface area (Å²) >= 11 is 0. The largest absolute Gasteiger partial charge is 0.314 e. The van der Waals surface area contributed by atoms with Crippen LogP contribution in [0.5, 0.6) is 0 Å². The Morgan fingerprint density at radius 3 is 2.57 bits per heavy atom. The first-order chi connectivity index (χ1) is 6.72. The molecule has 0 aliphatic heterocycles. The van der Waals surface area contributed by atoms with Crippen molar-refractivity contribution in [2.45, 2.75) is 46.1 Å². The zero-order valence-corrected chi connectivity index (χ0v) is 10.1. The fourth-order valence-electron chi connectivity index (χ4n) is 1.74. The normalized spacial score (nSPS) is 16.9. The van der Waals surface area contributed by atoms with Gasteiger partial charge >= 0.3 is 0 Å². The van der Waals surface area contributed by atoms with Gasteiger partial charge in [-0.1, -0.05) is 20.8 Å². The van der Waals surface area contributed by atoms with Gasteiger partial charge in [0.1, 0.15) is 0 Å². The maximum Gasteiger partial charge on any atom is 0.00103 e. The predicted molar refractivity (Wildman–Crippen MR) is 62.6 cm³/mol. The standard InChI is InChI=1S/C12H26N2/c1-4-14(10-12-6-7-12)9-5-8-13-11(2)3/h11-13H,4-10H2,1-3H3. The van der Waals surface area contributed by atoms with Gasteiger partial charge in [-0.2, -0.15) is 0 Å². The molecule has 0 spiro atoms. The first-order valence-corrected chi connectivity index (χ1v) is 6.18. The molecule has 0 radical (unpaired) electrons. The third-order valence-electron chi connectivity index (χ3n) is 2.86. The van der Waals surface area contributed by atoms with Crippen LogP contribution in [0.1, 0.15) is 40.0 Å². The molecule has 0 aromatic rings. The van der Waals surface area contributed by atoms with Gasteiger partial charge in [0.2, 0.25) is 0 Å². The Morgan fingerprint density at radius 2 is 2.07 bits per heavy atom. The average molecular weight is 198 g/mol. The van der Waals surface area contributed by atoms with Crippen molar-refractivity contribution in [2.24, 2.45) is 5.92 Å². The van der Waals surface area contributed by atoms with E-state index < -0.39 is 0 Å². The maximum absolute atomic E-state index is 3.47. The highest BCUT2D eigenvalue weighted by molar-refractivity contribution is 4.76. The summed E-state index contributed by atoms with van der Waals surface area (Å²) in [6.45, 7) is 11.7. The maximum atomic E-state index is 3.47. The molecular formula is C12H26N2. The summed E-state index contributed by atoms with van der Waals surface area (Å²) in [4.78, 5) is 2.60. The monoisotopic (exact) mass is 198 g/mol. The van der Waals surface area contributed by atoms with E-state index in [1.54, 1.807) is 0 Å². The Morgan fingerprint density at radius 1 is 1.36 bits per heavy atom. The molecule has 0 atom stereocenters. The summed E-state index contributed by atoms with van der Waals surface area (Å²) in [5, 5.41) is 3.47. The minimum absolute atomic E-state index is 0.633. The summed E-state index contributed by atoms with van der Waals surface area (Å²) in [6, 6.07) is 0.633. The number of nitrogens with one attached hydrogen (secondary N) is 1. The zero-order valence-electron chi connectivity index (χ0n) is 10.1. The Kier molecular flexibility index (Phi) is 5.49. The molecule has 84 valence electrons. The van der Waals surface area contributed by atoms with E-state index >= 15 is 0 Å². The van der Waals surface area contributed by atoms with Crippen molar-refractivity contribution in [3.63, 3.8) is 0 Å². The van der Waals surface area contributed by atoms with E-state index in [1.165, 1.54) is 45.4 Å². The Balaban J connectivity index is 1.96. The molecule has 0 aromatic carbocycles. The first kappa shape index (κ1) is 12.0. The molecule has 0 heterocycles. The van der Waals surface area contributed by atoms with Crippen molar-refractivity contribution in [3.05, 3.63) is 0 Å². The minimum Gasteiger partial charge on any atom is -0.314 e. The lowest BCUT2D eigenvalue weighted by molar-refractivity contribution is 0.271. The third-order valence-corrected chi connectivity index (χ3v) is 2.86. The van der Waals surface area contributed by atoms with Crippen LogP contribution in [0.4, 0.5) is 0 Å². The molecule has 1 fully saturated rings. The fraction of sp³-hybridized carbons (Fsp3) is 1.00. The van der Waals surface area contributed by atoms with Crippen molar-refractivity contribution in [1.82, 2.24) is 10.2 Å². The van der Waals surface area contributed by atoms with E-state index in [0.717, 1.165) is 5.92 Å². The SMILES string of the molecule is CCN(CCCNC(C)C)CC1CC1. The van der Waals surface area contributed by atoms with Gasteiger partial charge in [-0.15, -0.1) is 0 Å². The number of hydrogen-bond acceptors (Lipinski definition) is 2. The summed E-state index contributed by atoms with van der Waals surface area (Å²) < 4.78 is 0. The summed E-state index contributed by atoms with van der Waals surface area (Å²) in [6.07, 6.45) is 4.24. The van der Waals surface area contributed by atoms with Crippen LogP contribution in [0.2, 0.25) is 0 Å². The molecule has 1 rings (SSSR count). The Bertz CT molecular complexity index is 141. The second kappa shape index (κ2) is 6.41. The molecule has 1 aliphatic carbocycles. The second-order valence-electron chi connectivity index (χ2n) is 4.80. The van der Waals surface area contributed by atoms with Crippen LogP contribution in [0.3, 0.4) is 0 Å². The third kappa shape index (κ3) is 5.61. The van der Waals surface area contributed by atoms with Gasteiger partial charge in [-0.25, -0.2) is 0 Å². The molecule has 1 saturated carbocycles. The van der Waals surface area contributed by atoms with Crippen LogP contribution in [0.15, 0.2) is 0 Å². The highest BCUT2D eigenvalue weighted by atomic mass is 15.1. The van der Waals surface area contributed by atoms with Gasteiger partial charge < -0.3 is 10.2 Å². The van der Waals surface area contributed by atoms with Crippen molar-refractivity contribution in [2.75, 3.05) is 26.2 Å². The summed E-state index contributed by atoms with van der Waals surface area (Å²) in [5.74, 6) is 1.04. The highest BCUT2D eigenvalue weighted by Gasteiger charge is 2.23. The van der Waals surface area contributed by atoms with E-state index in [-0.39, 0.29) is 0 Å². The molecule has 2 heteroatoms. The van der Waals surface area contributed by atoms with Crippen LogP contribution >= 0.6 is 0 Å².